The number of benzene rings is 2. The van der Waals surface area contributed by atoms with Gasteiger partial charge in [0.25, 0.3) is 0 Å². The van der Waals surface area contributed by atoms with Crippen molar-refractivity contribution in [1.82, 2.24) is 14.9 Å². The van der Waals surface area contributed by atoms with Crippen molar-refractivity contribution in [1.29, 1.82) is 0 Å². The van der Waals surface area contributed by atoms with E-state index in [1.165, 1.54) is 18.2 Å². The summed E-state index contributed by atoms with van der Waals surface area (Å²) in [7, 11) is 0. The maximum Gasteiger partial charge on any atom is 0.433 e. The molecule has 3 aliphatic heterocycles. The Bertz CT molecular complexity index is 1440. The Hall–Kier alpha value is -3.97. The fourth-order valence-electron chi connectivity index (χ4n) is 5.87. The molecule has 3 aliphatic rings. The lowest BCUT2D eigenvalue weighted by Crippen LogP contribution is -2.62. The fourth-order valence-corrected chi connectivity index (χ4v) is 5.87. The second-order valence-electron chi connectivity index (χ2n) is 10.6. The van der Waals surface area contributed by atoms with Crippen LogP contribution in [0.5, 0.6) is 11.6 Å². The molecule has 13 heteroatoms. The van der Waals surface area contributed by atoms with Gasteiger partial charge in [-0.2, -0.15) is 18.2 Å². The Morgan fingerprint density at radius 3 is 2.48 bits per heavy atom. The number of carbonyl (C=O) groups is 1. The molecule has 4 heterocycles. The van der Waals surface area contributed by atoms with Crippen LogP contribution >= 0.6 is 0 Å². The summed E-state index contributed by atoms with van der Waals surface area (Å²) in [5, 5.41) is 0. The Morgan fingerprint density at radius 1 is 0.952 bits per heavy atom. The van der Waals surface area contributed by atoms with Crippen LogP contribution in [0.25, 0.3) is 0 Å². The fraction of sp³-hybridized carbons (Fsp3) is 0.414. The number of likely N-dealkylation sites (tertiary alicyclic amines) is 1. The average molecular weight is 589 g/mol. The molecule has 3 saturated heterocycles. The molecule has 3 aromatic rings. The van der Waals surface area contributed by atoms with E-state index in [-0.39, 0.29) is 43.8 Å². The van der Waals surface area contributed by atoms with Crippen molar-refractivity contribution in [2.45, 2.75) is 31.4 Å². The van der Waals surface area contributed by atoms with Gasteiger partial charge in [0, 0.05) is 44.7 Å². The number of anilines is 1. The molecule has 1 unspecified atom stereocenters. The second-order valence-corrected chi connectivity index (χ2v) is 10.6. The van der Waals surface area contributed by atoms with Crippen molar-refractivity contribution in [3.8, 4) is 11.6 Å². The van der Waals surface area contributed by atoms with Crippen molar-refractivity contribution in [2.24, 2.45) is 5.41 Å². The van der Waals surface area contributed by atoms with E-state index in [9.17, 15) is 22.4 Å². The minimum absolute atomic E-state index is 0.00527. The zero-order chi connectivity index (χ0) is 29.4. The van der Waals surface area contributed by atoms with Gasteiger partial charge in [-0.3, -0.25) is 0 Å². The highest BCUT2D eigenvalue weighted by Gasteiger charge is 2.62. The number of rotatable bonds is 5. The molecule has 2 spiro atoms. The van der Waals surface area contributed by atoms with Crippen LogP contribution in [0.3, 0.4) is 0 Å². The van der Waals surface area contributed by atoms with Crippen molar-refractivity contribution in [3.05, 3.63) is 77.7 Å². The highest BCUT2D eigenvalue weighted by Crippen LogP contribution is 2.51. The van der Waals surface area contributed by atoms with E-state index in [0.29, 0.717) is 38.7 Å². The first-order valence-corrected chi connectivity index (χ1v) is 13.5. The highest BCUT2D eigenvalue weighted by atomic mass is 19.4. The number of hydrogen-bond acceptors (Lipinski definition) is 8. The molecule has 0 bridgehead atoms. The molecule has 3 fully saturated rings. The molecule has 0 aliphatic carbocycles. The van der Waals surface area contributed by atoms with Gasteiger partial charge in [0.15, 0.2) is 11.5 Å². The summed E-state index contributed by atoms with van der Waals surface area (Å²) >= 11 is 0. The van der Waals surface area contributed by atoms with Crippen LogP contribution in [-0.4, -0.2) is 66.1 Å². The molecule has 1 aromatic heterocycles. The number of alkyl halides is 3. The Balaban J connectivity index is 1.25. The lowest BCUT2D eigenvalue weighted by molar-refractivity contribution is -0.255. The molecule has 1 amide bonds. The van der Waals surface area contributed by atoms with E-state index in [1.54, 1.807) is 9.80 Å². The lowest BCUT2D eigenvalue weighted by Gasteiger charge is -2.50. The maximum absolute atomic E-state index is 13.8. The van der Waals surface area contributed by atoms with Crippen LogP contribution in [0.15, 0.2) is 60.7 Å². The van der Waals surface area contributed by atoms with Crippen LogP contribution in [0.1, 0.15) is 24.1 Å². The molecular formula is C29H28F4N4O5. The summed E-state index contributed by atoms with van der Waals surface area (Å²) in [5.74, 6) is -2.21. The summed E-state index contributed by atoms with van der Waals surface area (Å²) in [6.45, 7) is 1.83. The normalized spacial score (nSPS) is 21.7. The third-order valence-electron chi connectivity index (χ3n) is 7.87. The molecule has 2 aromatic carbocycles. The van der Waals surface area contributed by atoms with E-state index in [1.807, 2.05) is 30.3 Å². The first kappa shape index (κ1) is 28.2. The summed E-state index contributed by atoms with van der Waals surface area (Å²) in [5.41, 5.74) is -1.13. The topological polar surface area (TPSA) is 86.2 Å². The Labute approximate surface area is 239 Å². The average Bonchev–Trinajstić information content (AvgIpc) is 3.62. The summed E-state index contributed by atoms with van der Waals surface area (Å²) < 4.78 is 78.5. The number of halogens is 4. The van der Waals surface area contributed by atoms with Gasteiger partial charge >= 0.3 is 12.3 Å². The first-order chi connectivity index (χ1) is 20.1. The van der Waals surface area contributed by atoms with Gasteiger partial charge in [0.2, 0.25) is 11.8 Å². The van der Waals surface area contributed by atoms with Gasteiger partial charge in [-0.05, 0) is 24.1 Å². The summed E-state index contributed by atoms with van der Waals surface area (Å²) in [6.07, 6.45) is -4.46. The van der Waals surface area contributed by atoms with E-state index in [4.69, 9.17) is 18.9 Å². The monoisotopic (exact) mass is 588 g/mol. The van der Waals surface area contributed by atoms with Crippen LogP contribution in [0.4, 0.5) is 28.3 Å². The molecule has 0 radical (unpaired) electrons. The minimum atomic E-state index is -4.78. The van der Waals surface area contributed by atoms with Gasteiger partial charge in [-0.25, -0.2) is 14.2 Å². The zero-order valence-corrected chi connectivity index (χ0v) is 22.5. The number of hydrogen-bond donors (Lipinski definition) is 0. The molecular weight excluding hydrogens is 560 g/mol. The predicted octanol–water partition coefficient (Wildman–Crippen LogP) is 5.41. The lowest BCUT2D eigenvalue weighted by atomic mass is 9.73. The third-order valence-corrected chi connectivity index (χ3v) is 7.87. The van der Waals surface area contributed by atoms with Gasteiger partial charge < -0.3 is 28.7 Å². The number of piperidine rings is 1. The Kier molecular flexibility index (Phi) is 7.39. The van der Waals surface area contributed by atoms with Crippen molar-refractivity contribution in [2.75, 3.05) is 44.3 Å². The second kappa shape index (κ2) is 11.0. The third kappa shape index (κ3) is 5.58. The molecule has 9 nitrogen and oxygen atoms in total. The van der Waals surface area contributed by atoms with Gasteiger partial charge in [-0.15, -0.1) is 0 Å². The number of nitrogens with zero attached hydrogens (tertiary/aromatic N) is 4. The van der Waals surface area contributed by atoms with Gasteiger partial charge in [0.1, 0.15) is 18.2 Å². The van der Waals surface area contributed by atoms with E-state index in [2.05, 4.69) is 9.97 Å². The number of carbonyl (C=O) groups excluding carboxylic acids is 1. The summed E-state index contributed by atoms with van der Waals surface area (Å²) in [6, 6.07) is 15.0. The minimum Gasteiger partial charge on any atom is -0.445 e. The van der Waals surface area contributed by atoms with Crippen molar-refractivity contribution >= 4 is 12.0 Å². The zero-order valence-electron chi connectivity index (χ0n) is 22.5. The number of ether oxygens (including phenoxy) is 4. The maximum atomic E-state index is 13.8. The SMILES string of the molecule is O=C(OCc1ccccc1)N1CCC2(OCCO2)C2(CCN(c3nc(Oc4cccc(F)c4)cc(C(F)(F)F)n3)C2)C1. The van der Waals surface area contributed by atoms with Crippen LogP contribution < -0.4 is 9.64 Å². The van der Waals surface area contributed by atoms with Crippen molar-refractivity contribution < 1.29 is 41.3 Å². The highest BCUT2D eigenvalue weighted by molar-refractivity contribution is 5.68. The first-order valence-electron chi connectivity index (χ1n) is 13.5. The molecule has 6 rings (SSSR count). The molecule has 0 N–H and O–H groups in total. The van der Waals surface area contributed by atoms with Crippen LogP contribution in [0, 0.1) is 11.2 Å². The van der Waals surface area contributed by atoms with Gasteiger partial charge in [0.05, 0.1) is 18.6 Å². The standard InChI is InChI=1S/C29H28F4N4O5/c30-21-7-4-8-22(15-21)42-24-16-23(29(31,32)33)34-25(35-24)36-11-9-27(18-36)19-37(12-10-28(27)40-13-14-41-28)26(38)39-17-20-5-2-1-3-6-20/h1-8,15-16H,9-14,17-19H2. The van der Waals surface area contributed by atoms with E-state index < -0.39 is 35.0 Å². The van der Waals surface area contributed by atoms with E-state index in [0.717, 1.165) is 11.6 Å². The molecule has 222 valence electrons. The molecule has 0 saturated carbocycles. The van der Waals surface area contributed by atoms with E-state index >= 15 is 0 Å². The van der Waals surface area contributed by atoms with Gasteiger partial charge in [-0.1, -0.05) is 36.4 Å². The van der Waals surface area contributed by atoms with Crippen molar-refractivity contribution in [3.63, 3.8) is 0 Å². The predicted molar refractivity (Wildman–Crippen MR) is 140 cm³/mol. The molecule has 1 atom stereocenters. The van der Waals surface area contributed by atoms with Crippen LogP contribution in [-0.2, 0) is 27.0 Å². The largest absolute Gasteiger partial charge is 0.445 e. The smallest absolute Gasteiger partial charge is 0.433 e. The Morgan fingerprint density at radius 2 is 1.74 bits per heavy atom. The van der Waals surface area contributed by atoms with Crippen LogP contribution in [0.2, 0.25) is 0 Å². The number of amides is 1. The summed E-state index contributed by atoms with van der Waals surface area (Å²) in [4.78, 5) is 24.3. The number of aromatic nitrogens is 2. The quantitative estimate of drug-likeness (QED) is 0.366. The number of fused-ring (bicyclic) bond motifs is 1. The molecule has 42 heavy (non-hydrogen) atoms.